The third-order valence-electron chi connectivity index (χ3n) is 5.74. The van der Waals surface area contributed by atoms with Gasteiger partial charge in [-0.25, -0.2) is 4.68 Å². The number of rotatable bonds is 5. The molecule has 0 spiro atoms. The molecule has 1 aliphatic heterocycles. The third kappa shape index (κ3) is 5.18. The molecule has 0 saturated carbocycles. The van der Waals surface area contributed by atoms with Gasteiger partial charge in [0.15, 0.2) is 11.5 Å². The summed E-state index contributed by atoms with van der Waals surface area (Å²) in [4.78, 5) is 38.5. The first kappa shape index (κ1) is 24.5. The Labute approximate surface area is 221 Å². The summed E-state index contributed by atoms with van der Waals surface area (Å²) in [6, 6.07) is 16.8. The van der Waals surface area contributed by atoms with Crippen LogP contribution < -0.4 is 25.5 Å². The molecule has 5 rings (SSSR count). The fourth-order valence-corrected chi connectivity index (χ4v) is 4.17. The highest BCUT2D eigenvalue weighted by atomic mass is 35.5. The number of hydrogen-bond acceptors (Lipinski definition) is 5. The van der Waals surface area contributed by atoms with Gasteiger partial charge in [-0.1, -0.05) is 35.3 Å². The van der Waals surface area contributed by atoms with Crippen molar-refractivity contribution in [1.82, 2.24) is 9.99 Å². The highest BCUT2D eigenvalue weighted by Crippen LogP contribution is 2.32. The van der Waals surface area contributed by atoms with Gasteiger partial charge < -0.3 is 20.1 Å². The minimum absolute atomic E-state index is 0.0888. The van der Waals surface area contributed by atoms with Gasteiger partial charge in [-0.15, -0.1) is 0 Å². The minimum atomic E-state index is -0.958. The molecule has 4 aromatic rings. The molecule has 0 atom stereocenters. The quantitative estimate of drug-likeness (QED) is 0.321. The molecule has 2 heterocycles. The lowest BCUT2D eigenvalue weighted by atomic mass is 10.2. The normalized spacial score (nSPS) is 11.9. The summed E-state index contributed by atoms with van der Waals surface area (Å²) >= 11 is 12.3. The van der Waals surface area contributed by atoms with E-state index in [2.05, 4.69) is 16.1 Å². The average Bonchev–Trinajstić information content (AvgIpc) is 3.48. The highest BCUT2D eigenvalue weighted by Gasteiger charge is 2.22. The first-order valence-corrected chi connectivity index (χ1v) is 11.9. The summed E-state index contributed by atoms with van der Waals surface area (Å²) in [5, 5.41) is 6.87. The predicted octanol–water partition coefficient (Wildman–Crippen LogP) is 4.62. The summed E-state index contributed by atoms with van der Waals surface area (Å²) < 4.78 is 11.9. The number of nitrogens with one attached hydrogen (secondary N) is 3. The zero-order chi connectivity index (χ0) is 26.1. The maximum atomic E-state index is 13.2. The molecular formula is C26H20Cl2N4O5. The minimum Gasteiger partial charge on any atom is -0.454 e. The van der Waals surface area contributed by atoms with Crippen molar-refractivity contribution in [3.8, 4) is 11.5 Å². The van der Waals surface area contributed by atoms with Gasteiger partial charge in [0.05, 0.1) is 5.52 Å². The van der Waals surface area contributed by atoms with Crippen LogP contribution in [0.25, 0.3) is 10.9 Å². The van der Waals surface area contributed by atoms with E-state index in [1.54, 1.807) is 60.7 Å². The maximum Gasteiger partial charge on any atom is 0.328 e. The Hall–Kier alpha value is -4.21. The first-order chi connectivity index (χ1) is 17.8. The fraction of sp³-hybridized carbons (Fsp3) is 0.115. The largest absolute Gasteiger partial charge is 0.454 e. The average molecular weight is 539 g/mol. The van der Waals surface area contributed by atoms with E-state index in [9.17, 15) is 14.4 Å². The molecule has 11 heteroatoms. The Morgan fingerprint density at radius 1 is 0.919 bits per heavy atom. The van der Waals surface area contributed by atoms with Crippen LogP contribution in [0.15, 0.2) is 60.7 Å². The lowest BCUT2D eigenvalue weighted by Gasteiger charge is -2.13. The lowest BCUT2D eigenvalue weighted by molar-refractivity contribution is -0.136. The van der Waals surface area contributed by atoms with Gasteiger partial charge in [0.25, 0.3) is 5.91 Å². The molecule has 3 N–H and O–H groups in total. The number of anilines is 1. The van der Waals surface area contributed by atoms with Crippen LogP contribution in [0.5, 0.6) is 11.5 Å². The molecule has 9 nitrogen and oxygen atoms in total. The first-order valence-electron chi connectivity index (χ1n) is 11.1. The summed E-state index contributed by atoms with van der Waals surface area (Å²) in [6.45, 7) is 2.07. The van der Waals surface area contributed by atoms with E-state index in [0.717, 1.165) is 11.1 Å². The van der Waals surface area contributed by atoms with Crippen LogP contribution in [0.1, 0.15) is 21.6 Å². The van der Waals surface area contributed by atoms with Crippen LogP contribution in [0, 0.1) is 6.92 Å². The molecule has 0 fully saturated rings. The topological polar surface area (TPSA) is 111 Å². The van der Waals surface area contributed by atoms with Crippen LogP contribution in [0.2, 0.25) is 10.0 Å². The summed E-state index contributed by atoms with van der Waals surface area (Å²) in [7, 11) is 0. The van der Waals surface area contributed by atoms with E-state index in [0.29, 0.717) is 38.1 Å². The Bertz CT molecular complexity index is 1570. The fourth-order valence-electron chi connectivity index (χ4n) is 3.81. The number of ether oxygens (including phenoxy) is 2. The second-order valence-corrected chi connectivity index (χ2v) is 9.14. The smallest absolute Gasteiger partial charge is 0.328 e. The second kappa shape index (κ2) is 10.0. The van der Waals surface area contributed by atoms with Crippen molar-refractivity contribution < 1.29 is 23.9 Å². The molecule has 0 saturated heterocycles. The number of fused-ring (bicyclic) bond motifs is 2. The van der Waals surface area contributed by atoms with Crippen LogP contribution >= 0.6 is 23.2 Å². The van der Waals surface area contributed by atoms with Crippen LogP contribution in [-0.2, 0) is 16.1 Å². The number of halogens is 2. The highest BCUT2D eigenvalue weighted by molar-refractivity contribution is 6.38. The number of carbonyl (C=O) groups is 3. The van der Waals surface area contributed by atoms with Gasteiger partial charge >= 0.3 is 11.8 Å². The van der Waals surface area contributed by atoms with E-state index in [4.69, 9.17) is 32.7 Å². The second-order valence-electron chi connectivity index (χ2n) is 8.30. The van der Waals surface area contributed by atoms with E-state index in [-0.39, 0.29) is 19.0 Å². The van der Waals surface area contributed by atoms with Gasteiger partial charge in [0.1, 0.15) is 5.69 Å². The molecule has 37 heavy (non-hydrogen) atoms. The van der Waals surface area contributed by atoms with Crippen molar-refractivity contribution in [1.29, 1.82) is 0 Å². The van der Waals surface area contributed by atoms with Crippen LogP contribution in [0.3, 0.4) is 0 Å². The van der Waals surface area contributed by atoms with Crippen molar-refractivity contribution in [2.24, 2.45) is 0 Å². The molecule has 0 unspecified atom stereocenters. The Kier molecular flexibility index (Phi) is 6.64. The molecule has 3 aromatic carbocycles. The summed E-state index contributed by atoms with van der Waals surface area (Å²) in [6.07, 6.45) is 0. The van der Waals surface area contributed by atoms with Gasteiger partial charge in [-0.05, 0) is 66.6 Å². The molecule has 1 aliphatic rings. The zero-order valence-electron chi connectivity index (χ0n) is 19.4. The number of aryl methyl sites for hydroxylation is 1. The Morgan fingerprint density at radius 2 is 1.73 bits per heavy atom. The molecule has 1 aromatic heterocycles. The van der Waals surface area contributed by atoms with Crippen LogP contribution in [-0.4, -0.2) is 29.2 Å². The third-order valence-corrected chi connectivity index (χ3v) is 6.38. The molecule has 0 aliphatic carbocycles. The summed E-state index contributed by atoms with van der Waals surface area (Å²) in [5.74, 6) is -1.18. The number of amides is 3. The number of nitrogens with zero attached hydrogens (tertiary/aromatic N) is 1. The molecular weight excluding hydrogens is 519 g/mol. The van der Waals surface area contributed by atoms with Crippen molar-refractivity contribution in [3.05, 3.63) is 87.5 Å². The standard InChI is InChI=1S/C26H20Cl2N4O5/c1-14-2-5-18(11-19(14)28)30-24(33)21-10-16-9-17(27)4-6-20(16)32(21)31-26(35)25(34)29-12-15-3-7-22-23(8-15)37-13-36-22/h2-11H,12-13H2,1H3,(H,29,34)(H,30,33)(H,31,35). The molecule has 0 bridgehead atoms. The number of carbonyl (C=O) groups excluding carboxylic acids is 3. The van der Waals surface area contributed by atoms with E-state index in [1.807, 2.05) is 6.92 Å². The molecule has 3 amide bonds. The van der Waals surface area contributed by atoms with E-state index < -0.39 is 17.7 Å². The lowest BCUT2D eigenvalue weighted by Crippen LogP contribution is -2.39. The summed E-state index contributed by atoms with van der Waals surface area (Å²) in [5.41, 5.74) is 5.14. The van der Waals surface area contributed by atoms with Gasteiger partial charge in [-0.3, -0.25) is 19.8 Å². The van der Waals surface area contributed by atoms with Crippen molar-refractivity contribution >= 4 is 57.5 Å². The number of benzene rings is 3. The van der Waals surface area contributed by atoms with Crippen molar-refractivity contribution in [3.63, 3.8) is 0 Å². The van der Waals surface area contributed by atoms with Crippen molar-refractivity contribution in [2.75, 3.05) is 17.5 Å². The number of aromatic nitrogens is 1. The number of hydrogen-bond donors (Lipinski definition) is 3. The monoisotopic (exact) mass is 538 g/mol. The SMILES string of the molecule is Cc1ccc(NC(=O)c2cc3cc(Cl)ccc3n2NC(=O)C(=O)NCc2ccc3c(c2)OCO3)cc1Cl. The Balaban J connectivity index is 1.35. The van der Waals surface area contributed by atoms with Gasteiger partial charge in [0.2, 0.25) is 6.79 Å². The van der Waals surface area contributed by atoms with Gasteiger partial charge in [-0.2, -0.15) is 0 Å². The van der Waals surface area contributed by atoms with E-state index >= 15 is 0 Å². The zero-order valence-corrected chi connectivity index (χ0v) is 20.9. The Morgan fingerprint density at radius 3 is 2.54 bits per heavy atom. The van der Waals surface area contributed by atoms with Crippen LogP contribution in [0.4, 0.5) is 5.69 Å². The van der Waals surface area contributed by atoms with E-state index in [1.165, 1.54) is 4.68 Å². The van der Waals surface area contributed by atoms with Gasteiger partial charge in [0, 0.05) is 27.7 Å². The molecule has 0 radical (unpaired) electrons. The predicted molar refractivity (Wildman–Crippen MR) is 140 cm³/mol. The molecule has 188 valence electrons. The maximum absolute atomic E-state index is 13.2. The van der Waals surface area contributed by atoms with Crippen molar-refractivity contribution in [2.45, 2.75) is 13.5 Å².